The fraction of sp³-hybridized carbons (Fsp3) is 0.567. The SMILES string of the molecule is CSc1cc(C)[nH]c(=O)c1CNC(=O)c1c(C)n(C(C)C2CCC(CNC3CC(F)(F)C3)CC2)c2ncccc12. The maximum Gasteiger partial charge on any atom is 0.254 e. The van der Waals surface area contributed by atoms with Crippen LogP contribution in [0, 0.1) is 25.7 Å². The summed E-state index contributed by atoms with van der Waals surface area (Å²) < 4.78 is 28.5. The number of thioether (sulfide) groups is 1. The smallest absolute Gasteiger partial charge is 0.254 e. The molecular weight excluding hydrogens is 532 g/mol. The first-order valence-electron chi connectivity index (χ1n) is 14.2. The lowest BCUT2D eigenvalue weighted by Gasteiger charge is -2.38. The van der Waals surface area contributed by atoms with E-state index in [0.29, 0.717) is 23.0 Å². The monoisotopic (exact) mass is 571 g/mol. The van der Waals surface area contributed by atoms with Gasteiger partial charge >= 0.3 is 0 Å². The van der Waals surface area contributed by atoms with Gasteiger partial charge in [-0.1, -0.05) is 0 Å². The number of fused-ring (bicyclic) bond motifs is 1. The topological polar surface area (TPSA) is 91.8 Å². The molecule has 1 atom stereocenters. The molecule has 216 valence electrons. The maximum atomic E-state index is 13.6. The minimum Gasteiger partial charge on any atom is -0.348 e. The highest BCUT2D eigenvalue weighted by molar-refractivity contribution is 7.98. The zero-order valence-electron chi connectivity index (χ0n) is 23.7. The van der Waals surface area contributed by atoms with Crippen molar-refractivity contribution in [2.75, 3.05) is 12.8 Å². The average molecular weight is 572 g/mol. The Bertz CT molecular complexity index is 1440. The number of carbonyl (C=O) groups excluding carboxylic acids is 1. The molecular formula is C30H39F2N5O2S. The van der Waals surface area contributed by atoms with Crippen LogP contribution in [0.25, 0.3) is 11.0 Å². The molecule has 2 saturated carbocycles. The van der Waals surface area contributed by atoms with E-state index in [4.69, 9.17) is 0 Å². The Labute approximate surface area is 237 Å². The maximum absolute atomic E-state index is 13.6. The molecule has 2 aliphatic carbocycles. The number of hydrogen-bond acceptors (Lipinski definition) is 5. The zero-order valence-corrected chi connectivity index (χ0v) is 24.5. The van der Waals surface area contributed by atoms with Gasteiger partial charge in [-0.15, -0.1) is 11.8 Å². The summed E-state index contributed by atoms with van der Waals surface area (Å²) in [5, 5.41) is 7.14. The quantitative estimate of drug-likeness (QED) is 0.285. The highest BCUT2D eigenvalue weighted by Crippen LogP contribution is 2.40. The molecule has 7 nitrogen and oxygen atoms in total. The number of alkyl halides is 2. The number of rotatable bonds is 9. The molecule has 1 unspecified atom stereocenters. The van der Waals surface area contributed by atoms with Crippen molar-refractivity contribution in [1.29, 1.82) is 0 Å². The lowest BCUT2D eigenvalue weighted by molar-refractivity contribution is -0.0934. The van der Waals surface area contributed by atoms with E-state index in [2.05, 4.69) is 32.1 Å². The van der Waals surface area contributed by atoms with Gasteiger partial charge in [0.1, 0.15) is 5.65 Å². The van der Waals surface area contributed by atoms with E-state index in [1.54, 1.807) is 6.20 Å². The molecule has 2 fully saturated rings. The molecule has 3 N–H and O–H groups in total. The standard InChI is InChI=1S/C30H39F2N5O2S/c1-17-12-25(40-4)24(28(38)36-17)16-35-29(39)26-19(3)37(27-23(26)6-5-11-33-27)18(2)21-9-7-20(8-10-21)15-34-22-13-30(31,32)14-22/h5-6,11-12,18,20-22,34H,7-10,13-16H2,1-4H3,(H,35,39)(H,36,38). The van der Waals surface area contributed by atoms with Crippen LogP contribution in [0.5, 0.6) is 0 Å². The highest BCUT2D eigenvalue weighted by atomic mass is 32.2. The van der Waals surface area contributed by atoms with Crippen molar-refractivity contribution in [3.63, 3.8) is 0 Å². The number of amides is 1. The van der Waals surface area contributed by atoms with Gasteiger partial charge in [-0.25, -0.2) is 13.8 Å². The summed E-state index contributed by atoms with van der Waals surface area (Å²) in [6.07, 6.45) is 7.83. The Morgan fingerprint density at radius 3 is 2.65 bits per heavy atom. The van der Waals surface area contributed by atoms with E-state index >= 15 is 0 Å². The van der Waals surface area contributed by atoms with Gasteiger partial charge in [0, 0.05) is 64.9 Å². The summed E-state index contributed by atoms with van der Waals surface area (Å²) in [6, 6.07) is 5.81. The Morgan fingerprint density at radius 1 is 1.25 bits per heavy atom. The molecule has 40 heavy (non-hydrogen) atoms. The minimum absolute atomic E-state index is 0.0392. The predicted molar refractivity (Wildman–Crippen MR) is 155 cm³/mol. The minimum atomic E-state index is -2.48. The number of halogens is 2. The Morgan fingerprint density at radius 2 is 1.98 bits per heavy atom. The van der Waals surface area contributed by atoms with Gasteiger partial charge in [0.2, 0.25) is 0 Å². The van der Waals surface area contributed by atoms with Gasteiger partial charge in [-0.3, -0.25) is 9.59 Å². The van der Waals surface area contributed by atoms with Crippen molar-refractivity contribution in [1.82, 2.24) is 25.2 Å². The van der Waals surface area contributed by atoms with Crippen LogP contribution in [-0.4, -0.2) is 45.2 Å². The van der Waals surface area contributed by atoms with Crippen molar-refractivity contribution < 1.29 is 13.6 Å². The third kappa shape index (κ3) is 5.84. The highest BCUT2D eigenvalue weighted by Gasteiger charge is 2.45. The van der Waals surface area contributed by atoms with Crippen molar-refractivity contribution in [2.24, 2.45) is 11.8 Å². The number of aromatic nitrogens is 3. The normalized spacial score (nSPS) is 21.8. The number of carbonyl (C=O) groups is 1. The molecule has 0 radical (unpaired) electrons. The molecule has 2 aliphatic rings. The predicted octanol–water partition coefficient (Wildman–Crippen LogP) is 5.75. The number of nitrogens with one attached hydrogen (secondary N) is 3. The molecule has 10 heteroatoms. The summed E-state index contributed by atoms with van der Waals surface area (Å²) in [5.41, 5.74) is 3.42. The third-order valence-corrected chi connectivity index (χ3v) is 9.68. The third-order valence-electron chi connectivity index (χ3n) is 8.88. The second kappa shape index (κ2) is 11.6. The molecule has 5 rings (SSSR count). The van der Waals surface area contributed by atoms with Crippen molar-refractivity contribution in [2.45, 2.75) is 88.7 Å². The van der Waals surface area contributed by atoms with Gasteiger partial charge in [0.15, 0.2) is 0 Å². The van der Waals surface area contributed by atoms with Crippen LogP contribution in [0.4, 0.5) is 8.78 Å². The number of nitrogens with zero attached hydrogens (tertiary/aromatic N) is 2. The van der Waals surface area contributed by atoms with Crippen LogP contribution in [0.3, 0.4) is 0 Å². The molecule has 0 saturated heterocycles. The van der Waals surface area contributed by atoms with Crippen LogP contribution in [0.1, 0.15) is 78.8 Å². The first-order chi connectivity index (χ1) is 19.1. The summed E-state index contributed by atoms with van der Waals surface area (Å²) in [7, 11) is 0. The molecule has 0 spiro atoms. The number of hydrogen-bond donors (Lipinski definition) is 3. The van der Waals surface area contributed by atoms with Crippen LogP contribution in [0.2, 0.25) is 0 Å². The van der Waals surface area contributed by atoms with Crippen molar-refractivity contribution >= 4 is 28.7 Å². The van der Waals surface area contributed by atoms with E-state index in [9.17, 15) is 18.4 Å². The van der Waals surface area contributed by atoms with Gasteiger partial charge in [-0.2, -0.15) is 0 Å². The fourth-order valence-corrected chi connectivity index (χ4v) is 7.27. The molecule has 3 aromatic heterocycles. The lowest BCUT2D eigenvalue weighted by atomic mass is 9.78. The van der Waals surface area contributed by atoms with E-state index in [1.165, 1.54) is 11.8 Å². The summed E-state index contributed by atoms with van der Waals surface area (Å²) in [4.78, 5) is 34.5. The lowest BCUT2D eigenvalue weighted by Crippen LogP contribution is -2.49. The number of aromatic amines is 1. The zero-order chi connectivity index (χ0) is 28.6. The second-order valence-electron chi connectivity index (χ2n) is 11.6. The van der Waals surface area contributed by atoms with Crippen LogP contribution in [0.15, 0.2) is 34.1 Å². The average Bonchev–Trinajstić information content (AvgIpc) is 3.21. The molecule has 1 amide bonds. The molecule has 3 aromatic rings. The van der Waals surface area contributed by atoms with Gasteiger partial charge in [-0.05, 0) is 89.3 Å². The Hall–Kier alpha value is -2.72. The summed E-state index contributed by atoms with van der Waals surface area (Å²) in [5.74, 6) is -1.76. The Balaban J connectivity index is 1.28. The van der Waals surface area contributed by atoms with Crippen molar-refractivity contribution in [3.05, 3.63) is 57.3 Å². The summed E-state index contributed by atoms with van der Waals surface area (Å²) in [6.45, 7) is 6.98. The first-order valence-corrected chi connectivity index (χ1v) is 15.4. The van der Waals surface area contributed by atoms with Crippen LogP contribution in [-0.2, 0) is 6.54 Å². The largest absolute Gasteiger partial charge is 0.348 e. The van der Waals surface area contributed by atoms with Gasteiger partial charge in [0.05, 0.1) is 5.56 Å². The molecule has 0 bridgehead atoms. The number of aryl methyl sites for hydroxylation is 1. The van der Waals surface area contributed by atoms with Crippen LogP contribution < -0.4 is 16.2 Å². The first kappa shape index (κ1) is 28.8. The van der Waals surface area contributed by atoms with Crippen LogP contribution >= 0.6 is 11.8 Å². The summed E-state index contributed by atoms with van der Waals surface area (Å²) >= 11 is 1.49. The Kier molecular flexibility index (Phi) is 8.38. The second-order valence-corrected chi connectivity index (χ2v) is 12.5. The molecule has 0 aliphatic heterocycles. The van der Waals surface area contributed by atoms with Crippen molar-refractivity contribution in [3.8, 4) is 0 Å². The van der Waals surface area contributed by atoms with E-state index in [-0.39, 0.29) is 42.9 Å². The van der Waals surface area contributed by atoms with E-state index in [1.807, 2.05) is 38.3 Å². The van der Waals surface area contributed by atoms with Gasteiger partial charge < -0.3 is 20.2 Å². The molecule has 3 heterocycles. The number of H-pyrrole nitrogens is 1. The molecule has 0 aromatic carbocycles. The van der Waals surface area contributed by atoms with E-state index in [0.717, 1.165) is 59.5 Å². The van der Waals surface area contributed by atoms with E-state index < -0.39 is 5.92 Å². The van der Waals surface area contributed by atoms with Gasteiger partial charge in [0.25, 0.3) is 17.4 Å². The fourth-order valence-electron chi connectivity index (χ4n) is 6.56. The number of pyridine rings is 2.